The summed E-state index contributed by atoms with van der Waals surface area (Å²) >= 11 is 0. The summed E-state index contributed by atoms with van der Waals surface area (Å²) < 4.78 is 2.14. The second kappa shape index (κ2) is 6.92. The fraction of sp³-hybridized carbons (Fsp3) is 0.600. The van der Waals surface area contributed by atoms with Crippen molar-refractivity contribution in [2.24, 2.45) is 0 Å². The Kier molecular flexibility index (Phi) is 5.81. The van der Waals surface area contributed by atoms with Crippen LogP contribution in [-0.2, 0) is 0 Å². The molecular weight excluding hydrogens is 204 g/mol. The summed E-state index contributed by atoms with van der Waals surface area (Å²) in [5.41, 5.74) is 1.73. The molecule has 0 amide bonds. The third-order valence-corrected chi connectivity index (χ3v) is 2.67. The molecule has 5 heteroatoms. The minimum Gasteiger partial charge on any atom is -0.355 e. The maximum Gasteiger partial charge on any atom is 0.278 e. The van der Waals surface area contributed by atoms with E-state index < -0.39 is 0 Å². The highest BCUT2D eigenvalue weighted by Crippen LogP contribution is 2.02. The SMILES string of the molecule is CC[N+](C=CP)=C1CCCCN[B]C1=N. The molecule has 0 aromatic carbocycles. The minimum atomic E-state index is 0.611. The van der Waals surface area contributed by atoms with Crippen molar-refractivity contribution in [2.45, 2.75) is 26.2 Å². The predicted molar refractivity (Wildman–Crippen MR) is 70.0 cm³/mol. The van der Waals surface area contributed by atoms with E-state index in [2.05, 4.69) is 26.0 Å². The van der Waals surface area contributed by atoms with Gasteiger partial charge in [0.1, 0.15) is 6.54 Å². The molecule has 2 N–H and O–H groups in total. The van der Waals surface area contributed by atoms with E-state index in [0.717, 1.165) is 31.6 Å². The van der Waals surface area contributed by atoms with Gasteiger partial charge in [0, 0.05) is 6.42 Å². The van der Waals surface area contributed by atoms with E-state index in [1.807, 2.05) is 19.4 Å². The molecule has 1 rings (SSSR count). The van der Waals surface area contributed by atoms with Crippen LogP contribution in [0.5, 0.6) is 0 Å². The van der Waals surface area contributed by atoms with Gasteiger partial charge in [-0.1, -0.05) is 0 Å². The number of rotatable bonds is 2. The van der Waals surface area contributed by atoms with Gasteiger partial charge in [-0.05, 0) is 32.1 Å². The highest BCUT2D eigenvalue weighted by atomic mass is 31.0. The first-order chi connectivity index (χ1) is 7.29. The zero-order chi connectivity index (χ0) is 11.1. The monoisotopic (exact) mass is 223 g/mol. The smallest absolute Gasteiger partial charge is 0.278 e. The van der Waals surface area contributed by atoms with E-state index in [-0.39, 0.29) is 0 Å². The lowest BCUT2D eigenvalue weighted by atomic mass is 9.79. The van der Waals surface area contributed by atoms with E-state index in [4.69, 9.17) is 5.41 Å². The van der Waals surface area contributed by atoms with E-state index in [9.17, 15) is 0 Å². The molecule has 1 heterocycles. The van der Waals surface area contributed by atoms with Gasteiger partial charge >= 0.3 is 0 Å². The van der Waals surface area contributed by atoms with Gasteiger partial charge in [-0.15, -0.1) is 9.24 Å². The largest absolute Gasteiger partial charge is 0.355 e. The maximum atomic E-state index is 7.96. The van der Waals surface area contributed by atoms with Crippen LogP contribution in [0, 0.1) is 5.41 Å². The van der Waals surface area contributed by atoms with Crippen molar-refractivity contribution >= 4 is 28.0 Å². The lowest BCUT2D eigenvalue weighted by molar-refractivity contribution is -0.451. The van der Waals surface area contributed by atoms with Crippen molar-refractivity contribution in [3.8, 4) is 0 Å². The van der Waals surface area contributed by atoms with Crippen molar-refractivity contribution in [1.82, 2.24) is 5.23 Å². The third-order valence-electron chi connectivity index (χ3n) is 2.50. The summed E-state index contributed by atoms with van der Waals surface area (Å²) in [6, 6.07) is 0. The van der Waals surface area contributed by atoms with Gasteiger partial charge in [0.05, 0.1) is 5.61 Å². The molecular formula is C10H19BN3P+. The zero-order valence-electron chi connectivity index (χ0n) is 9.29. The van der Waals surface area contributed by atoms with Crippen LogP contribution < -0.4 is 5.23 Å². The van der Waals surface area contributed by atoms with Crippen molar-refractivity contribution in [3.05, 3.63) is 12.0 Å². The first-order valence-electron chi connectivity index (χ1n) is 5.46. The van der Waals surface area contributed by atoms with E-state index in [1.165, 1.54) is 6.42 Å². The van der Waals surface area contributed by atoms with E-state index in [0.29, 0.717) is 5.61 Å². The van der Waals surface area contributed by atoms with Gasteiger partial charge in [0.25, 0.3) is 7.41 Å². The van der Waals surface area contributed by atoms with Crippen LogP contribution in [0.25, 0.3) is 0 Å². The molecule has 1 saturated heterocycles. The summed E-state index contributed by atoms with van der Waals surface area (Å²) in [7, 11) is 4.39. The van der Waals surface area contributed by atoms with Gasteiger partial charge in [0.15, 0.2) is 11.9 Å². The molecule has 0 aromatic heterocycles. The average Bonchev–Trinajstić information content (AvgIpc) is 2.22. The number of nitrogens with one attached hydrogen (secondary N) is 2. The summed E-state index contributed by atoms with van der Waals surface area (Å²) in [6.45, 7) is 4.01. The normalized spacial score (nSPS) is 22.1. The summed E-state index contributed by atoms with van der Waals surface area (Å²) in [5, 5.41) is 11.1. The molecule has 1 aliphatic rings. The molecule has 1 unspecified atom stereocenters. The Bertz CT molecular complexity index is 286. The van der Waals surface area contributed by atoms with Gasteiger partial charge in [-0.3, -0.25) is 0 Å². The molecule has 1 aliphatic heterocycles. The van der Waals surface area contributed by atoms with Gasteiger partial charge in [-0.25, -0.2) is 4.58 Å². The Morgan fingerprint density at radius 3 is 3.07 bits per heavy atom. The molecule has 1 radical (unpaired) electrons. The summed E-state index contributed by atoms with van der Waals surface area (Å²) in [5.74, 6) is 1.94. The Hall–Kier alpha value is -0.465. The predicted octanol–water partition coefficient (Wildman–Crippen LogP) is 1.18. The van der Waals surface area contributed by atoms with Crippen molar-refractivity contribution < 1.29 is 4.58 Å². The minimum absolute atomic E-state index is 0.611. The molecule has 1 atom stereocenters. The van der Waals surface area contributed by atoms with Crippen LogP contribution in [0.3, 0.4) is 0 Å². The Morgan fingerprint density at radius 1 is 1.60 bits per heavy atom. The number of nitrogens with zero attached hydrogens (tertiary/aromatic N) is 1. The first-order valence-corrected chi connectivity index (χ1v) is 6.12. The molecule has 15 heavy (non-hydrogen) atoms. The topological polar surface area (TPSA) is 38.9 Å². The molecule has 0 saturated carbocycles. The Balaban J connectivity index is 2.88. The second-order valence-electron chi connectivity index (χ2n) is 3.54. The fourth-order valence-electron chi connectivity index (χ4n) is 1.70. The molecule has 81 valence electrons. The molecule has 0 spiro atoms. The fourth-order valence-corrected chi connectivity index (χ4v) is 1.91. The summed E-state index contributed by atoms with van der Waals surface area (Å²) in [4.78, 5) is 0. The lowest BCUT2D eigenvalue weighted by Crippen LogP contribution is -2.38. The highest BCUT2D eigenvalue weighted by Gasteiger charge is 2.19. The second-order valence-corrected chi connectivity index (χ2v) is 3.93. The van der Waals surface area contributed by atoms with Crippen LogP contribution >= 0.6 is 9.24 Å². The van der Waals surface area contributed by atoms with Gasteiger partial charge < -0.3 is 10.6 Å². The standard InChI is InChI=1S/C10H19BN3P/c1-2-14(7-8-15)9-5-3-4-6-13-11-10(9)12/h7-8,12-13H,2-6,15H2,1H3/q+1. The highest BCUT2D eigenvalue weighted by molar-refractivity contribution is 7.20. The molecule has 0 aromatic rings. The Morgan fingerprint density at radius 2 is 2.40 bits per heavy atom. The molecule has 1 fully saturated rings. The van der Waals surface area contributed by atoms with Crippen LogP contribution in [0.4, 0.5) is 0 Å². The molecule has 0 bridgehead atoms. The average molecular weight is 223 g/mol. The van der Waals surface area contributed by atoms with Gasteiger partial charge in [-0.2, -0.15) is 0 Å². The van der Waals surface area contributed by atoms with E-state index in [1.54, 1.807) is 0 Å². The van der Waals surface area contributed by atoms with Gasteiger partial charge in [0.2, 0.25) is 0 Å². The zero-order valence-corrected chi connectivity index (χ0v) is 10.4. The quantitative estimate of drug-likeness (QED) is 0.411. The first kappa shape index (κ1) is 12.6. The lowest BCUT2D eigenvalue weighted by Gasteiger charge is -2.11. The van der Waals surface area contributed by atoms with Crippen LogP contribution in [0.2, 0.25) is 0 Å². The Labute approximate surface area is 95.0 Å². The van der Waals surface area contributed by atoms with Crippen LogP contribution in [0.15, 0.2) is 12.0 Å². The third kappa shape index (κ3) is 3.88. The van der Waals surface area contributed by atoms with Crippen LogP contribution in [-0.4, -0.2) is 36.4 Å². The molecule has 3 nitrogen and oxygen atoms in total. The van der Waals surface area contributed by atoms with Crippen molar-refractivity contribution in [1.29, 1.82) is 5.41 Å². The summed E-state index contributed by atoms with van der Waals surface area (Å²) in [6.07, 6.45) is 5.35. The number of hydrogen-bond acceptors (Lipinski definition) is 2. The maximum absolute atomic E-state index is 7.96. The van der Waals surface area contributed by atoms with Crippen molar-refractivity contribution in [3.63, 3.8) is 0 Å². The van der Waals surface area contributed by atoms with E-state index >= 15 is 0 Å². The van der Waals surface area contributed by atoms with Crippen LogP contribution in [0.1, 0.15) is 26.2 Å². The molecule has 0 aliphatic carbocycles. The van der Waals surface area contributed by atoms with Crippen molar-refractivity contribution in [2.75, 3.05) is 13.1 Å². The number of hydrogen-bond donors (Lipinski definition) is 2.